The Morgan fingerprint density at radius 2 is 1.84 bits per heavy atom. The first-order valence-electron chi connectivity index (χ1n) is 6.82. The molecule has 0 aromatic heterocycles. The fraction of sp³-hybridized carbons (Fsp3) is 0.500. The van der Waals surface area contributed by atoms with Gasteiger partial charge in [-0.25, -0.2) is 0 Å². The highest BCUT2D eigenvalue weighted by Crippen LogP contribution is 2.34. The summed E-state index contributed by atoms with van der Waals surface area (Å²) in [5.41, 5.74) is 3.97. The smallest absolute Gasteiger partial charge is 0.0629 e. The normalized spacial score (nSPS) is 23.1. The third-order valence-corrected chi connectivity index (χ3v) is 4.89. The van der Waals surface area contributed by atoms with Gasteiger partial charge in [0.15, 0.2) is 0 Å². The molecule has 0 aliphatic heterocycles. The third-order valence-electron chi connectivity index (χ3n) is 3.64. The fourth-order valence-corrected chi connectivity index (χ4v) is 4.65. The topological polar surface area (TPSA) is 12.0 Å². The van der Waals surface area contributed by atoms with Gasteiger partial charge in [0.1, 0.15) is 0 Å². The Hall–Kier alpha value is -0.280. The second kappa shape index (κ2) is 6.45. The monoisotopic (exact) mass is 385 g/mol. The Bertz CT molecular complexity index is 471. The van der Waals surface area contributed by atoms with Gasteiger partial charge in [0.25, 0.3) is 0 Å². The first-order valence-corrected chi connectivity index (χ1v) is 8.41. The van der Waals surface area contributed by atoms with Crippen LogP contribution in [0.3, 0.4) is 0 Å². The summed E-state index contributed by atoms with van der Waals surface area (Å²) in [4.78, 5) is 0. The highest BCUT2D eigenvalue weighted by molar-refractivity contribution is 9.11. The van der Waals surface area contributed by atoms with Gasteiger partial charge in [0.2, 0.25) is 0 Å². The van der Waals surface area contributed by atoms with Crippen molar-refractivity contribution in [1.82, 2.24) is 0 Å². The maximum absolute atomic E-state index is 3.64. The first kappa shape index (κ1) is 15.1. The molecule has 2 rings (SSSR count). The van der Waals surface area contributed by atoms with Crippen LogP contribution in [0.4, 0.5) is 5.69 Å². The molecule has 1 nitrogen and oxygen atoms in total. The van der Waals surface area contributed by atoms with Crippen molar-refractivity contribution in [3.05, 3.63) is 38.3 Å². The maximum Gasteiger partial charge on any atom is 0.0629 e. The van der Waals surface area contributed by atoms with E-state index in [-0.39, 0.29) is 0 Å². The molecule has 1 aliphatic carbocycles. The van der Waals surface area contributed by atoms with Crippen LogP contribution in [0.15, 0.2) is 32.7 Å². The number of benzene rings is 1. The molecule has 1 N–H and O–H groups in total. The average Bonchev–Trinajstić information content (AvgIpc) is 2.25. The predicted molar refractivity (Wildman–Crippen MR) is 90.7 cm³/mol. The SMILES string of the molecule is CC1=CC(C)CC(CNc2c(Br)cc(C)cc2Br)C1. The molecule has 1 aromatic rings. The highest BCUT2D eigenvalue weighted by Gasteiger charge is 2.18. The zero-order chi connectivity index (χ0) is 14.0. The summed E-state index contributed by atoms with van der Waals surface area (Å²) in [5, 5.41) is 3.60. The average molecular weight is 387 g/mol. The van der Waals surface area contributed by atoms with Crippen LogP contribution in [-0.2, 0) is 0 Å². The maximum atomic E-state index is 3.64. The van der Waals surface area contributed by atoms with Crippen LogP contribution < -0.4 is 5.32 Å². The lowest BCUT2D eigenvalue weighted by Crippen LogP contribution is -2.20. The van der Waals surface area contributed by atoms with E-state index in [2.05, 4.69) is 76.2 Å². The van der Waals surface area contributed by atoms with E-state index >= 15 is 0 Å². The van der Waals surface area contributed by atoms with Gasteiger partial charge in [-0.05, 0) is 88.1 Å². The Morgan fingerprint density at radius 1 is 1.21 bits per heavy atom. The quantitative estimate of drug-likeness (QED) is 0.635. The molecule has 0 amide bonds. The minimum absolute atomic E-state index is 0.713. The van der Waals surface area contributed by atoms with Crippen LogP contribution in [0, 0.1) is 18.8 Å². The lowest BCUT2D eigenvalue weighted by molar-refractivity contribution is 0.421. The lowest BCUT2D eigenvalue weighted by Gasteiger charge is -2.26. The first-order chi connectivity index (χ1) is 8.95. The number of allylic oxidation sites excluding steroid dienone is 2. The van der Waals surface area contributed by atoms with Crippen LogP contribution in [0.1, 0.15) is 32.3 Å². The van der Waals surface area contributed by atoms with Crippen molar-refractivity contribution in [1.29, 1.82) is 0 Å². The zero-order valence-electron chi connectivity index (χ0n) is 11.8. The van der Waals surface area contributed by atoms with Crippen molar-refractivity contribution in [3.8, 4) is 0 Å². The van der Waals surface area contributed by atoms with Crippen molar-refractivity contribution in [3.63, 3.8) is 0 Å². The van der Waals surface area contributed by atoms with Crippen molar-refractivity contribution in [2.75, 3.05) is 11.9 Å². The van der Waals surface area contributed by atoms with Crippen molar-refractivity contribution in [2.24, 2.45) is 11.8 Å². The van der Waals surface area contributed by atoms with Gasteiger partial charge in [-0.1, -0.05) is 18.6 Å². The Labute approximate surface area is 133 Å². The van der Waals surface area contributed by atoms with Gasteiger partial charge < -0.3 is 5.32 Å². The zero-order valence-corrected chi connectivity index (χ0v) is 14.9. The van der Waals surface area contributed by atoms with Gasteiger partial charge >= 0.3 is 0 Å². The minimum Gasteiger partial charge on any atom is -0.383 e. The molecule has 1 aliphatic rings. The van der Waals surface area contributed by atoms with Crippen LogP contribution >= 0.6 is 31.9 Å². The Kier molecular flexibility index (Phi) is 5.13. The molecule has 0 saturated heterocycles. The molecule has 0 heterocycles. The molecule has 3 heteroatoms. The molecular formula is C16H21Br2N. The number of hydrogen-bond donors (Lipinski definition) is 1. The summed E-state index contributed by atoms with van der Waals surface area (Å²) < 4.78 is 2.27. The van der Waals surface area contributed by atoms with E-state index in [0.717, 1.165) is 21.4 Å². The number of aryl methyl sites for hydroxylation is 1. The van der Waals surface area contributed by atoms with E-state index in [1.807, 2.05) is 0 Å². The summed E-state index contributed by atoms with van der Waals surface area (Å²) in [6.45, 7) is 7.71. The van der Waals surface area contributed by atoms with Gasteiger partial charge in [0.05, 0.1) is 5.69 Å². The molecule has 0 radical (unpaired) electrons. The standard InChI is InChI=1S/C16H21Br2N/c1-10-4-11(2)6-13(5-10)9-19-16-14(17)7-12(3)8-15(16)18/h4,7-8,10,13,19H,5-6,9H2,1-3H3. The van der Waals surface area contributed by atoms with Gasteiger partial charge in [0, 0.05) is 15.5 Å². The second-order valence-corrected chi connectivity index (χ2v) is 7.49. The molecule has 1 aromatic carbocycles. The summed E-state index contributed by atoms with van der Waals surface area (Å²) >= 11 is 7.29. The number of halogens is 2. The minimum atomic E-state index is 0.713. The van der Waals surface area contributed by atoms with E-state index < -0.39 is 0 Å². The van der Waals surface area contributed by atoms with Crippen molar-refractivity contribution < 1.29 is 0 Å². The van der Waals surface area contributed by atoms with E-state index in [0.29, 0.717) is 5.92 Å². The molecule has 104 valence electrons. The molecule has 2 unspecified atom stereocenters. The Morgan fingerprint density at radius 3 is 2.42 bits per heavy atom. The van der Waals surface area contributed by atoms with E-state index in [4.69, 9.17) is 0 Å². The summed E-state index contributed by atoms with van der Waals surface area (Å²) in [6.07, 6.45) is 4.91. The summed E-state index contributed by atoms with van der Waals surface area (Å²) in [5.74, 6) is 1.45. The van der Waals surface area contributed by atoms with Gasteiger partial charge in [-0.15, -0.1) is 0 Å². The largest absolute Gasteiger partial charge is 0.383 e. The van der Waals surface area contributed by atoms with Crippen LogP contribution in [0.2, 0.25) is 0 Å². The molecule has 0 fully saturated rings. The van der Waals surface area contributed by atoms with Gasteiger partial charge in [-0.3, -0.25) is 0 Å². The second-order valence-electron chi connectivity index (χ2n) is 5.78. The van der Waals surface area contributed by atoms with E-state index in [1.54, 1.807) is 0 Å². The molecule has 19 heavy (non-hydrogen) atoms. The van der Waals surface area contributed by atoms with Crippen LogP contribution in [-0.4, -0.2) is 6.54 Å². The number of rotatable bonds is 3. The van der Waals surface area contributed by atoms with Gasteiger partial charge in [-0.2, -0.15) is 0 Å². The van der Waals surface area contributed by atoms with E-state index in [9.17, 15) is 0 Å². The van der Waals surface area contributed by atoms with E-state index in [1.165, 1.54) is 29.7 Å². The molecular weight excluding hydrogens is 366 g/mol. The fourth-order valence-electron chi connectivity index (χ4n) is 2.96. The Balaban J connectivity index is 2.02. The number of nitrogens with one attached hydrogen (secondary N) is 1. The van der Waals surface area contributed by atoms with Crippen LogP contribution in [0.25, 0.3) is 0 Å². The summed E-state index contributed by atoms with van der Waals surface area (Å²) in [6, 6.07) is 4.31. The molecule has 0 spiro atoms. The highest BCUT2D eigenvalue weighted by atomic mass is 79.9. The van der Waals surface area contributed by atoms with Crippen molar-refractivity contribution in [2.45, 2.75) is 33.6 Å². The number of anilines is 1. The van der Waals surface area contributed by atoms with Crippen molar-refractivity contribution >= 4 is 37.5 Å². The van der Waals surface area contributed by atoms with Crippen LogP contribution in [0.5, 0.6) is 0 Å². The molecule has 2 atom stereocenters. The summed E-state index contributed by atoms with van der Waals surface area (Å²) in [7, 11) is 0. The third kappa shape index (κ3) is 4.09. The molecule has 0 saturated carbocycles. The molecule has 0 bridgehead atoms. The number of hydrogen-bond acceptors (Lipinski definition) is 1. The lowest BCUT2D eigenvalue weighted by atomic mass is 9.84. The predicted octanol–water partition coefficient (Wildman–Crippen LogP) is 5.92.